The molecule has 10 heteroatoms. The van der Waals surface area contributed by atoms with E-state index in [0.717, 1.165) is 199 Å². The predicted molar refractivity (Wildman–Crippen MR) is 502 cm³/mol. The molecule has 24 rings (SSSR count). The zero-order valence-corrected chi connectivity index (χ0v) is 65.7. The summed E-state index contributed by atoms with van der Waals surface area (Å²) in [7, 11) is 0. The fraction of sp³-hybridized carbons (Fsp3) is 0. The van der Waals surface area contributed by atoms with Crippen molar-refractivity contribution in [3.63, 3.8) is 0 Å². The van der Waals surface area contributed by atoms with Gasteiger partial charge in [0.25, 0.3) is 0 Å². The van der Waals surface area contributed by atoms with E-state index in [1.54, 1.807) is 0 Å². The van der Waals surface area contributed by atoms with E-state index in [0.29, 0.717) is 23.3 Å². The molecule has 566 valence electrons. The highest BCUT2D eigenvalue weighted by atomic mass is 15.0. The molecule has 24 aromatic rings. The van der Waals surface area contributed by atoms with E-state index in [2.05, 4.69) is 385 Å². The third-order valence-corrected chi connectivity index (χ3v) is 24.0. The number of para-hydroxylation sites is 4. The molecule has 10 nitrogen and oxygen atoms in total. The molecule has 0 fully saturated rings. The summed E-state index contributed by atoms with van der Waals surface area (Å²) in [5.74, 6) is 2.28. The minimum Gasteiger partial charge on any atom is -0.309 e. The Labute approximate surface area is 701 Å². The molecule has 0 aliphatic carbocycles. The van der Waals surface area contributed by atoms with Gasteiger partial charge in [-0.1, -0.05) is 279 Å². The summed E-state index contributed by atoms with van der Waals surface area (Å²) in [6.45, 7) is 0. The summed E-state index contributed by atoms with van der Waals surface area (Å²) in [5.41, 5.74) is 26.3. The van der Waals surface area contributed by atoms with Crippen LogP contribution in [0.5, 0.6) is 0 Å². The first-order valence-electron chi connectivity index (χ1n) is 41.2. The number of hydrogen-bond donors (Lipinski definition) is 0. The third kappa shape index (κ3) is 12.0. The van der Waals surface area contributed by atoms with Crippen LogP contribution in [-0.4, -0.2) is 49.0 Å². The molecule has 6 heterocycles. The van der Waals surface area contributed by atoms with Crippen molar-refractivity contribution in [2.45, 2.75) is 0 Å². The van der Waals surface area contributed by atoms with E-state index in [4.69, 9.17) is 39.9 Å². The van der Waals surface area contributed by atoms with Crippen LogP contribution < -0.4 is 0 Å². The summed E-state index contributed by atoms with van der Waals surface area (Å²) in [6.07, 6.45) is 0. The van der Waals surface area contributed by atoms with Gasteiger partial charge in [0.15, 0.2) is 23.3 Å². The highest BCUT2D eigenvalue weighted by Gasteiger charge is 2.25. The first-order valence-corrected chi connectivity index (χ1v) is 41.2. The van der Waals surface area contributed by atoms with E-state index in [1.165, 1.54) is 21.5 Å². The van der Waals surface area contributed by atoms with Crippen molar-refractivity contribution in [1.82, 2.24) is 49.0 Å². The smallest absolute Gasteiger partial charge is 0.160 e. The Morgan fingerprint density at radius 3 is 0.910 bits per heavy atom. The maximum atomic E-state index is 5.70. The van der Waals surface area contributed by atoms with Crippen LogP contribution in [0, 0.1) is 0 Å². The van der Waals surface area contributed by atoms with Crippen molar-refractivity contribution in [1.29, 1.82) is 0 Å². The van der Waals surface area contributed by atoms with Crippen molar-refractivity contribution >= 4 is 109 Å². The van der Waals surface area contributed by atoms with Gasteiger partial charge < -0.3 is 9.13 Å². The Morgan fingerprint density at radius 1 is 0.148 bits per heavy atom. The van der Waals surface area contributed by atoms with Crippen molar-refractivity contribution in [3.05, 3.63) is 413 Å². The lowest BCUT2D eigenvalue weighted by Gasteiger charge is -2.15. The highest BCUT2D eigenvalue weighted by Crippen LogP contribution is 2.45. The van der Waals surface area contributed by atoms with Gasteiger partial charge in [0.2, 0.25) is 0 Å². The molecule has 0 spiro atoms. The third-order valence-electron chi connectivity index (χ3n) is 24.0. The van der Waals surface area contributed by atoms with Gasteiger partial charge in [0, 0.05) is 104 Å². The van der Waals surface area contributed by atoms with Crippen molar-refractivity contribution in [3.8, 4) is 135 Å². The Kier molecular flexibility index (Phi) is 16.4. The molecular weight excluding hydrogens is 1490 g/mol. The Hall–Kier alpha value is -16.6. The maximum Gasteiger partial charge on any atom is 0.160 e. The van der Waals surface area contributed by atoms with Crippen LogP contribution in [-0.2, 0) is 0 Å². The molecule has 0 saturated heterocycles. The predicted octanol–water partition coefficient (Wildman–Crippen LogP) is 28.3. The van der Waals surface area contributed by atoms with Gasteiger partial charge >= 0.3 is 0 Å². The lowest BCUT2D eigenvalue weighted by Crippen LogP contribution is -1.99. The monoisotopic (exact) mass is 1550 g/mol. The fourth-order valence-electron chi connectivity index (χ4n) is 18.2. The number of aromatic nitrogens is 10. The van der Waals surface area contributed by atoms with E-state index in [9.17, 15) is 0 Å². The Balaban J connectivity index is 0.693. The van der Waals surface area contributed by atoms with Gasteiger partial charge in [-0.25, -0.2) is 39.9 Å². The number of hydrogen-bond acceptors (Lipinski definition) is 8. The molecular formula is C112H68N10. The molecule has 0 saturated carbocycles. The van der Waals surface area contributed by atoms with Crippen LogP contribution in [0.2, 0.25) is 0 Å². The van der Waals surface area contributed by atoms with Crippen LogP contribution in [0.15, 0.2) is 413 Å². The van der Waals surface area contributed by atoms with Crippen LogP contribution in [0.4, 0.5) is 0 Å². The summed E-state index contributed by atoms with van der Waals surface area (Å²) in [6, 6.07) is 146. The van der Waals surface area contributed by atoms with Gasteiger partial charge in [-0.15, -0.1) is 0 Å². The molecule has 0 aliphatic heterocycles. The van der Waals surface area contributed by atoms with E-state index < -0.39 is 0 Å². The quantitative estimate of drug-likeness (QED) is 0.112. The molecule has 18 aromatic carbocycles. The number of nitrogens with zero attached hydrogens (tertiary/aromatic N) is 10. The first-order chi connectivity index (χ1) is 60.4. The highest BCUT2D eigenvalue weighted by molar-refractivity contribution is 6.20. The average Bonchev–Trinajstić information content (AvgIpc) is 1.55. The second-order valence-corrected chi connectivity index (χ2v) is 31.3. The zero-order valence-electron chi connectivity index (χ0n) is 65.7. The largest absolute Gasteiger partial charge is 0.309 e. The molecule has 0 bridgehead atoms. The summed E-state index contributed by atoms with van der Waals surface area (Å²) < 4.78 is 4.80. The zero-order chi connectivity index (χ0) is 80.3. The maximum absolute atomic E-state index is 5.70. The van der Waals surface area contributed by atoms with Crippen LogP contribution >= 0.6 is 0 Å². The minimum absolute atomic E-state index is 0.553. The Morgan fingerprint density at radius 2 is 0.459 bits per heavy atom. The molecule has 0 amide bonds. The molecule has 6 aromatic heterocycles. The Bertz CT molecular complexity index is 8040. The molecule has 0 unspecified atom stereocenters. The average molecular weight is 1550 g/mol. The number of rotatable bonds is 13. The summed E-state index contributed by atoms with van der Waals surface area (Å²) in [4.78, 5) is 44.5. The lowest BCUT2D eigenvalue weighted by molar-refractivity contribution is 1.18. The van der Waals surface area contributed by atoms with Gasteiger partial charge in [0.05, 0.1) is 66.9 Å². The summed E-state index contributed by atoms with van der Waals surface area (Å²) in [5, 5.41) is 13.1. The van der Waals surface area contributed by atoms with Gasteiger partial charge in [-0.3, -0.25) is 0 Å². The standard InChI is InChI=1S/C112H68N10/c1-7-28-70(29-8-1)104-90-43-23-25-45-97(90)113-109(117-104)82-57-80(76-51-56-102-94(64-76)89-52-47-69-27-21-22-42-88(69)108(89)122(102)87-40-17-6-18-41-87)59-84(61-82)111-115-99-66-78(48-53-92(99)106(119-111)72-32-11-3-12-33-72)79-49-54-93-100(67-79)116-112(120-107(93)73-34-13-4-14-35-73)85-60-81(58-83(62-85)110-114-98-46-26-24-44-91(98)105(118-110)71-30-9-2-10-31-71)77-50-55-101-95(65-77)96-63-74-36-19-20-37-75(74)68-103(96)121(101)86-38-15-5-16-39-86/h1-68H. The van der Waals surface area contributed by atoms with E-state index in [-0.39, 0.29) is 0 Å². The topological polar surface area (TPSA) is 113 Å². The molecule has 0 radical (unpaired) electrons. The van der Waals surface area contributed by atoms with Crippen molar-refractivity contribution in [2.75, 3.05) is 0 Å². The molecule has 122 heavy (non-hydrogen) atoms. The van der Waals surface area contributed by atoms with Crippen LogP contribution in [0.1, 0.15) is 0 Å². The lowest BCUT2D eigenvalue weighted by atomic mass is 9.96. The van der Waals surface area contributed by atoms with Crippen molar-refractivity contribution < 1.29 is 0 Å². The SMILES string of the molecule is c1ccc(-c2nc(-c3cc(-c4ccc5c(c4)c4cc6ccccc6cc4n5-c4ccccc4)cc(-c4nc(-c5ccccc5)c5ccc(-c6ccc7c(-c8ccccc8)nc(-c8cc(-c9ccc%10c(c9)c9ccc%11ccccc%11c9n%10-c9ccccc9)cc(-c9nc(-c%10ccccc%10)c%10ccccc%10n9)c8)nc7c6)cc5n4)c3)nc3ccccc23)cc1. The normalized spacial score (nSPS) is 11.8. The van der Waals surface area contributed by atoms with Crippen molar-refractivity contribution in [2.24, 2.45) is 0 Å². The minimum atomic E-state index is 0.553. The summed E-state index contributed by atoms with van der Waals surface area (Å²) >= 11 is 0. The van der Waals surface area contributed by atoms with Gasteiger partial charge in [-0.2, -0.15) is 0 Å². The number of fused-ring (bicyclic) bond motifs is 13. The van der Waals surface area contributed by atoms with Crippen LogP contribution in [0.25, 0.3) is 244 Å². The molecule has 0 N–H and O–H groups in total. The van der Waals surface area contributed by atoms with E-state index in [1.807, 2.05) is 36.4 Å². The van der Waals surface area contributed by atoms with Gasteiger partial charge in [-0.05, 0) is 183 Å². The molecule has 0 atom stereocenters. The second-order valence-electron chi connectivity index (χ2n) is 31.3. The fourth-order valence-corrected chi connectivity index (χ4v) is 18.2. The van der Waals surface area contributed by atoms with E-state index >= 15 is 0 Å². The first kappa shape index (κ1) is 69.7. The second kappa shape index (κ2) is 28.7. The van der Waals surface area contributed by atoms with Gasteiger partial charge in [0.1, 0.15) is 0 Å². The van der Waals surface area contributed by atoms with Crippen LogP contribution in [0.3, 0.4) is 0 Å². The molecule has 0 aliphatic rings. The number of benzene rings is 18.